The van der Waals surface area contributed by atoms with Gasteiger partial charge in [-0.15, -0.1) is 4.91 Å². The Morgan fingerprint density at radius 3 is 2.43 bits per heavy atom. The lowest BCUT2D eigenvalue weighted by Gasteiger charge is -2.15. The third-order valence-corrected chi connectivity index (χ3v) is 3.47. The third-order valence-electron chi connectivity index (χ3n) is 3.47. The topological polar surface area (TPSA) is 53.5 Å². The van der Waals surface area contributed by atoms with Gasteiger partial charge >= 0.3 is 0 Å². The van der Waals surface area contributed by atoms with E-state index in [-0.39, 0.29) is 0 Å². The van der Waals surface area contributed by atoms with Crippen LogP contribution in [0.2, 0.25) is 0 Å². The van der Waals surface area contributed by atoms with Gasteiger partial charge in [-0.2, -0.15) is 0 Å². The molecule has 21 heavy (non-hydrogen) atoms. The lowest BCUT2D eigenvalue weighted by atomic mass is 10.1. The normalized spacial score (nSPS) is 10.3. The highest BCUT2D eigenvalue weighted by Gasteiger charge is 2.08. The molecule has 0 aromatic heterocycles. The molecule has 0 aliphatic rings. The van der Waals surface area contributed by atoms with Crippen molar-refractivity contribution in [2.75, 3.05) is 10.9 Å². The summed E-state index contributed by atoms with van der Waals surface area (Å²) in [6, 6.07) is 19.4. The van der Waals surface area contributed by atoms with Gasteiger partial charge in [0.2, 0.25) is 0 Å². The van der Waals surface area contributed by atoms with Gasteiger partial charge in [-0.25, -0.2) is 0 Å². The van der Waals surface area contributed by atoms with Crippen LogP contribution in [-0.2, 0) is 0 Å². The van der Waals surface area contributed by atoms with Gasteiger partial charge in [-0.3, -0.25) is 5.43 Å². The zero-order chi connectivity index (χ0) is 14.7. The zero-order valence-electron chi connectivity index (χ0n) is 11.6. The molecule has 0 radical (unpaired) electrons. The quantitative estimate of drug-likeness (QED) is 0.522. The molecule has 3 aromatic carbocycles. The van der Waals surface area contributed by atoms with E-state index in [9.17, 15) is 4.91 Å². The molecule has 3 rings (SSSR count). The average Bonchev–Trinajstić information content (AvgIpc) is 2.53. The number of benzene rings is 3. The van der Waals surface area contributed by atoms with Crippen molar-refractivity contribution in [2.24, 2.45) is 5.18 Å². The van der Waals surface area contributed by atoms with Crippen LogP contribution < -0.4 is 10.9 Å². The molecule has 0 amide bonds. The number of nitrogens with zero attached hydrogens (tertiary/aromatic N) is 1. The maximum absolute atomic E-state index is 11.0. The van der Waals surface area contributed by atoms with Crippen LogP contribution >= 0.6 is 0 Å². The Hall–Kier alpha value is -2.88. The van der Waals surface area contributed by atoms with E-state index in [1.54, 1.807) is 6.07 Å². The van der Waals surface area contributed by atoms with Crippen molar-refractivity contribution < 1.29 is 0 Å². The van der Waals surface area contributed by atoms with E-state index in [1.807, 2.05) is 61.5 Å². The van der Waals surface area contributed by atoms with Crippen molar-refractivity contribution in [1.29, 1.82) is 0 Å². The summed E-state index contributed by atoms with van der Waals surface area (Å²) in [5.74, 6) is 0. The van der Waals surface area contributed by atoms with Crippen molar-refractivity contribution >= 4 is 27.8 Å². The number of nitroso groups, excluding NO2 is 1. The largest absolute Gasteiger partial charge is 0.301 e. The van der Waals surface area contributed by atoms with Crippen LogP contribution in [0.15, 0.2) is 65.8 Å². The van der Waals surface area contributed by atoms with Crippen molar-refractivity contribution in [3.05, 3.63) is 71.1 Å². The second-order valence-corrected chi connectivity index (χ2v) is 4.84. The van der Waals surface area contributed by atoms with E-state index in [0.29, 0.717) is 11.4 Å². The Labute approximate surface area is 122 Å². The first-order chi connectivity index (χ1) is 10.3. The molecule has 3 aromatic rings. The summed E-state index contributed by atoms with van der Waals surface area (Å²) < 4.78 is 0. The molecule has 0 atom stereocenters. The summed E-state index contributed by atoms with van der Waals surface area (Å²) in [6.45, 7) is 2.02. The molecule has 0 spiro atoms. The summed E-state index contributed by atoms with van der Waals surface area (Å²) >= 11 is 0. The molecule has 0 aliphatic heterocycles. The molecule has 0 saturated carbocycles. The number of nitrogens with one attached hydrogen (secondary N) is 2. The monoisotopic (exact) mass is 277 g/mol. The van der Waals surface area contributed by atoms with Crippen LogP contribution in [0.1, 0.15) is 5.56 Å². The fourth-order valence-electron chi connectivity index (χ4n) is 2.31. The Balaban J connectivity index is 1.99. The van der Waals surface area contributed by atoms with Crippen LogP contribution in [0, 0.1) is 11.8 Å². The molecular weight excluding hydrogens is 262 g/mol. The average molecular weight is 277 g/mol. The predicted octanol–water partition coefficient (Wildman–Crippen LogP) is 4.99. The van der Waals surface area contributed by atoms with Crippen molar-refractivity contribution in [3.8, 4) is 0 Å². The second kappa shape index (κ2) is 5.63. The second-order valence-electron chi connectivity index (χ2n) is 4.84. The van der Waals surface area contributed by atoms with Crippen LogP contribution in [0.5, 0.6) is 0 Å². The summed E-state index contributed by atoms with van der Waals surface area (Å²) in [4.78, 5) is 11.0. The first-order valence-corrected chi connectivity index (χ1v) is 6.72. The molecule has 0 heterocycles. The molecule has 104 valence electrons. The Bertz CT molecular complexity index is 799. The van der Waals surface area contributed by atoms with Gasteiger partial charge in [-0.1, -0.05) is 48.5 Å². The number of rotatable bonds is 4. The number of hydrogen-bond acceptors (Lipinski definition) is 4. The van der Waals surface area contributed by atoms with Crippen LogP contribution in [-0.4, -0.2) is 0 Å². The molecule has 0 bridgehead atoms. The highest BCUT2D eigenvalue weighted by atomic mass is 16.3. The van der Waals surface area contributed by atoms with Gasteiger partial charge in [0, 0.05) is 5.39 Å². The first kappa shape index (κ1) is 13.1. The van der Waals surface area contributed by atoms with Crippen molar-refractivity contribution in [2.45, 2.75) is 6.92 Å². The maximum atomic E-state index is 11.0. The Morgan fingerprint density at radius 2 is 1.62 bits per heavy atom. The first-order valence-electron chi connectivity index (χ1n) is 6.72. The molecule has 4 heteroatoms. The lowest BCUT2D eigenvalue weighted by molar-refractivity contribution is 1.36. The van der Waals surface area contributed by atoms with E-state index >= 15 is 0 Å². The molecule has 4 nitrogen and oxygen atoms in total. The minimum atomic E-state index is 0.384. The number of anilines is 2. The Morgan fingerprint density at radius 1 is 0.857 bits per heavy atom. The standard InChI is InChI=1S/C17H15N3O/c1-12-6-2-5-9-15(12)18-19-17-14-8-4-3-7-13(14)10-11-16(17)20-21/h2-11,18-19H,1H3. The van der Waals surface area contributed by atoms with E-state index < -0.39 is 0 Å². The van der Waals surface area contributed by atoms with Gasteiger partial charge in [0.25, 0.3) is 0 Å². The fourth-order valence-corrected chi connectivity index (χ4v) is 2.31. The highest BCUT2D eigenvalue weighted by Crippen LogP contribution is 2.33. The van der Waals surface area contributed by atoms with Gasteiger partial charge in [0.15, 0.2) is 0 Å². The molecule has 2 N–H and O–H groups in total. The predicted molar refractivity (Wildman–Crippen MR) is 87.8 cm³/mol. The summed E-state index contributed by atoms with van der Waals surface area (Å²) in [5.41, 5.74) is 9.42. The van der Waals surface area contributed by atoms with E-state index in [1.165, 1.54) is 0 Å². The van der Waals surface area contributed by atoms with Crippen molar-refractivity contribution in [3.63, 3.8) is 0 Å². The number of para-hydroxylation sites is 1. The number of aryl methyl sites for hydroxylation is 1. The van der Waals surface area contributed by atoms with E-state index in [2.05, 4.69) is 16.0 Å². The molecule has 0 fully saturated rings. The van der Waals surface area contributed by atoms with Gasteiger partial charge in [0.1, 0.15) is 5.69 Å². The molecule has 0 unspecified atom stereocenters. The SMILES string of the molecule is Cc1ccccc1NNc1c(N=O)ccc2ccccc12. The maximum Gasteiger partial charge on any atom is 0.133 e. The third kappa shape index (κ3) is 2.56. The van der Waals surface area contributed by atoms with Crippen LogP contribution in [0.3, 0.4) is 0 Å². The van der Waals surface area contributed by atoms with Gasteiger partial charge in [0.05, 0.1) is 11.4 Å². The Kier molecular flexibility index (Phi) is 3.51. The zero-order valence-corrected chi connectivity index (χ0v) is 11.6. The number of hydrazine groups is 1. The summed E-state index contributed by atoms with van der Waals surface area (Å²) in [5, 5.41) is 5.11. The smallest absolute Gasteiger partial charge is 0.133 e. The molecular formula is C17H15N3O. The highest BCUT2D eigenvalue weighted by molar-refractivity contribution is 5.99. The minimum Gasteiger partial charge on any atom is -0.301 e. The van der Waals surface area contributed by atoms with Crippen LogP contribution in [0.25, 0.3) is 10.8 Å². The number of fused-ring (bicyclic) bond motifs is 1. The van der Waals surface area contributed by atoms with E-state index in [4.69, 9.17) is 0 Å². The fraction of sp³-hybridized carbons (Fsp3) is 0.0588. The minimum absolute atomic E-state index is 0.384. The van der Waals surface area contributed by atoms with Gasteiger partial charge < -0.3 is 5.43 Å². The van der Waals surface area contributed by atoms with E-state index in [0.717, 1.165) is 22.0 Å². The summed E-state index contributed by atoms with van der Waals surface area (Å²) in [7, 11) is 0. The van der Waals surface area contributed by atoms with Crippen LogP contribution in [0.4, 0.5) is 17.1 Å². The van der Waals surface area contributed by atoms with Crippen molar-refractivity contribution in [1.82, 2.24) is 0 Å². The lowest BCUT2D eigenvalue weighted by Crippen LogP contribution is -2.10. The van der Waals surface area contributed by atoms with Gasteiger partial charge in [-0.05, 0) is 35.2 Å². The summed E-state index contributed by atoms with van der Waals surface area (Å²) in [6.07, 6.45) is 0. The molecule has 0 saturated heterocycles. The number of hydrogen-bond donors (Lipinski definition) is 2. The molecule has 0 aliphatic carbocycles.